The van der Waals surface area contributed by atoms with Gasteiger partial charge >= 0.3 is 0 Å². The second kappa shape index (κ2) is 13.1. The number of hydrogen-bond acceptors (Lipinski definition) is 6. The van der Waals surface area contributed by atoms with Gasteiger partial charge in [-0.15, -0.1) is 12.4 Å². The van der Waals surface area contributed by atoms with Crippen molar-refractivity contribution in [3.05, 3.63) is 52.5 Å². The minimum Gasteiger partial charge on any atom is -0.302 e. The summed E-state index contributed by atoms with van der Waals surface area (Å²) in [5.74, 6) is -0.197. The summed E-state index contributed by atoms with van der Waals surface area (Å²) in [6.07, 6.45) is 0. The third-order valence-corrected chi connectivity index (χ3v) is 9.39. The molecular weight excluding hydrogens is 572 g/mol. The smallest absolute Gasteiger partial charge is 0.260 e. The molecule has 0 aliphatic heterocycles. The van der Waals surface area contributed by atoms with Gasteiger partial charge in [0, 0.05) is 36.2 Å². The number of hydrogen-bond donors (Lipinski definition) is 0. The average Bonchev–Trinajstić information content (AvgIpc) is 3.25. The van der Waals surface area contributed by atoms with E-state index in [4.69, 9.17) is 4.98 Å². The van der Waals surface area contributed by atoms with Crippen LogP contribution in [0.5, 0.6) is 0 Å². The normalized spacial score (nSPS) is 11.7. The molecule has 35 heavy (non-hydrogen) atoms. The van der Waals surface area contributed by atoms with Gasteiger partial charge in [0.25, 0.3) is 5.91 Å². The highest BCUT2D eigenvalue weighted by molar-refractivity contribution is 9.10. The Morgan fingerprint density at radius 3 is 2.14 bits per heavy atom. The Morgan fingerprint density at radius 2 is 1.57 bits per heavy atom. The summed E-state index contributed by atoms with van der Waals surface area (Å²) in [7, 11) is -3.58. The van der Waals surface area contributed by atoms with Crippen LogP contribution in [0.25, 0.3) is 10.2 Å². The zero-order chi connectivity index (χ0) is 24.9. The molecule has 0 fully saturated rings. The Kier molecular flexibility index (Phi) is 11.1. The van der Waals surface area contributed by atoms with E-state index in [2.05, 4.69) is 34.7 Å². The maximum absolute atomic E-state index is 13.6. The molecule has 3 rings (SSSR count). The molecule has 0 atom stereocenters. The van der Waals surface area contributed by atoms with Crippen LogP contribution in [0.2, 0.25) is 0 Å². The fraction of sp³-hybridized carbons (Fsp3) is 0.417. The molecule has 192 valence electrons. The molecule has 0 saturated heterocycles. The number of benzene rings is 2. The van der Waals surface area contributed by atoms with Crippen LogP contribution in [0.1, 0.15) is 38.1 Å². The third kappa shape index (κ3) is 6.81. The first-order valence-electron chi connectivity index (χ1n) is 11.5. The summed E-state index contributed by atoms with van der Waals surface area (Å²) in [5.41, 5.74) is 1.27. The number of likely N-dealkylation sites (N-methyl/N-ethyl adjacent to an activating group) is 1. The largest absolute Gasteiger partial charge is 0.302 e. The molecular formula is C24H32BrClN4O3S2. The Hall–Kier alpha value is -1.56. The summed E-state index contributed by atoms with van der Waals surface area (Å²) in [6, 6.07) is 12.1. The van der Waals surface area contributed by atoms with Crippen LogP contribution in [0.15, 0.2) is 51.8 Å². The predicted molar refractivity (Wildman–Crippen MR) is 151 cm³/mol. The first kappa shape index (κ1) is 29.7. The maximum Gasteiger partial charge on any atom is 0.260 e. The number of amides is 1. The minimum atomic E-state index is -3.58. The van der Waals surface area contributed by atoms with Crippen LogP contribution in [0, 0.1) is 0 Å². The molecule has 0 unspecified atom stereocenters. The van der Waals surface area contributed by atoms with Crippen LogP contribution >= 0.6 is 39.7 Å². The van der Waals surface area contributed by atoms with E-state index in [1.165, 1.54) is 27.8 Å². The van der Waals surface area contributed by atoms with Gasteiger partial charge in [-0.25, -0.2) is 13.4 Å². The Bertz CT molecular complexity index is 1230. The number of fused-ring (bicyclic) bond motifs is 1. The molecule has 1 aromatic heterocycles. The molecule has 0 bridgehead atoms. The van der Waals surface area contributed by atoms with Crippen molar-refractivity contribution in [3.63, 3.8) is 0 Å². The second-order valence-corrected chi connectivity index (χ2v) is 11.6. The summed E-state index contributed by atoms with van der Waals surface area (Å²) < 4.78 is 29.0. The second-order valence-electron chi connectivity index (χ2n) is 7.71. The lowest BCUT2D eigenvalue weighted by Gasteiger charge is -2.25. The average molecular weight is 604 g/mol. The van der Waals surface area contributed by atoms with Gasteiger partial charge in [0.05, 0.1) is 15.1 Å². The lowest BCUT2D eigenvalue weighted by atomic mass is 10.2. The molecule has 2 aromatic carbocycles. The van der Waals surface area contributed by atoms with Crippen LogP contribution in [0.3, 0.4) is 0 Å². The highest BCUT2D eigenvalue weighted by Crippen LogP contribution is 2.32. The van der Waals surface area contributed by atoms with Gasteiger partial charge in [-0.2, -0.15) is 4.31 Å². The van der Waals surface area contributed by atoms with Crippen molar-refractivity contribution in [1.29, 1.82) is 0 Å². The van der Waals surface area contributed by atoms with E-state index in [0.29, 0.717) is 36.9 Å². The SMILES string of the molecule is CCN(CC)CCN(C(=O)c1ccc(S(=O)(=O)N(CC)CC)cc1)c1nc2ccc(Br)cc2s1.Cl. The van der Waals surface area contributed by atoms with Gasteiger partial charge < -0.3 is 4.90 Å². The lowest BCUT2D eigenvalue weighted by Crippen LogP contribution is -2.39. The van der Waals surface area contributed by atoms with Crippen LogP contribution in [-0.2, 0) is 10.0 Å². The highest BCUT2D eigenvalue weighted by Gasteiger charge is 2.25. The van der Waals surface area contributed by atoms with Gasteiger partial charge in [-0.05, 0) is 55.6 Å². The van der Waals surface area contributed by atoms with Crippen molar-refractivity contribution >= 4 is 71.0 Å². The number of anilines is 1. The van der Waals surface area contributed by atoms with Gasteiger partial charge in [-0.3, -0.25) is 9.69 Å². The van der Waals surface area contributed by atoms with E-state index < -0.39 is 10.0 Å². The van der Waals surface area contributed by atoms with E-state index in [0.717, 1.165) is 27.8 Å². The monoisotopic (exact) mass is 602 g/mol. The van der Waals surface area contributed by atoms with E-state index >= 15 is 0 Å². The van der Waals surface area contributed by atoms with Gasteiger partial charge in [0.15, 0.2) is 5.13 Å². The molecule has 1 amide bonds. The summed E-state index contributed by atoms with van der Waals surface area (Å²) >= 11 is 4.96. The van der Waals surface area contributed by atoms with Crippen molar-refractivity contribution in [3.8, 4) is 0 Å². The van der Waals surface area contributed by atoms with Crippen molar-refractivity contribution in [2.24, 2.45) is 0 Å². The van der Waals surface area contributed by atoms with Gasteiger partial charge in [0.2, 0.25) is 10.0 Å². The van der Waals surface area contributed by atoms with Gasteiger partial charge in [-0.1, -0.05) is 55.0 Å². The van der Waals surface area contributed by atoms with Gasteiger partial charge in [0.1, 0.15) is 0 Å². The van der Waals surface area contributed by atoms with E-state index in [1.54, 1.807) is 17.0 Å². The Labute approximate surface area is 226 Å². The number of sulfonamides is 1. The maximum atomic E-state index is 13.6. The topological polar surface area (TPSA) is 73.8 Å². The number of carbonyl (C=O) groups excluding carboxylic acids is 1. The van der Waals surface area contributed by atoms with Crippen molar-refractivity contribution in [2.45, 2.75) is 32.6 Å². The van der Waals surface area contributed by atoms with E-state index in [1.807, 2.05) is 32.0 Å². The van der Waals surface area contributed by atoms with E-state index in [-0.39, 0.29) is 23.2 Å². The van der Waals surface area contributed by atoms with Crippen molar-refractivity contribution in [1.82, 2.24) is 14.2 Å². The molecule has 3 aromatic rings. The zero-order valence-corrected chi connectivity index (χ0v) is 24.4. The Balaban J connectivity index is 0.00000432. The lowest BCUT2D eigenvalue weighted by molar-refractivity contribution is 0.0983. The molecule has 0 N–H and O–H groups in total. The number of nitrogens with zero attached hydrogens (tertiary/aromatic N) is 4. The number of aromatic nitrogens is 1. The fourth-order valence-electron chi connectivity index (χ4n) is 3.70. The summed E-state index contributed by atoms with van der Waals surface area (Å²) in [5, 5.41) is 0.630. The number of thiazole rings is 1. The quantitative estimate of drug-likeness (QED) is 0.289. The van der Waals surface area contributed by atoms with Crippen molar-refractivity contribution in [2.75, 3.05) is 44.2 Å². The third-order valence-electron chi connectivity index (χ3n) is 5.79. The molecule has 11 heteroatoms. The molecule has 0 radical (unpaired) electrons. The Morgan fingerprint density at radius 1 is 0.943 bits per heavy atom. The molecule has 0 aliphatic rings. The predicted octanol–water partition coefficient (Wildman–Crippen LogP) is 5.50. The first-order chi connectivity index (χ1) is 16.2. The van der Waals surface area contributed by atoms with Crippen LogP contribution < -0.4 is 4.90 Å². The first-order valence-corrected chi connectivity index (χ1v) is 14.5. The van der Waals surface area contributed by atoms with Crippen LogP contribution in [0.4, 0.5) is 5.13 Å². The molecule has 0 saturated carbocycles. The molecule has 0 spiro atoms. The number of rotatable bonds is 11. The highest BCUT2D eigenvalue weighted by atomic mass is 79.9. The molecule has 1 heterocycles. The summed E-state index contributed by atoms with van der Waals surface area (Å²) in [6.45, 7) is 11.6. The van der Waals surface area contributed by atoms with Crippen LogP contribution in [-0.4, -0.2) is 67.8 Å². The minimum absolute atomic E-state index is 0. The van der Waals surface area contributed by atoms with E-state index in [9.17, 15) is 13.2 Å². The molecule has 7 nitrogen and oxygen atoms in total. The fourth-order valence-corrected chi connectivity index (χ4v) is 6.70. The number of halogens is 2. The summed E-state index contributed by atoms with van der Waals surface area (Å²) in [4.78, 5) is 22.4. The number of carbonyl (C=O) groups is 1. The molecule has 0 aliphatic carbocycles. The standard InChI is InChI=1S/C24H31BrN4O3S2.ClH/c1-5-27(6-2)15-16-29(24-26-21-14-11-19(25)17-22(21)33-24)23(30)18-9-12-20(13-10-18)34(31,32)28(7-3)8-4;/h9-14,17H,5-8,15-16H2,1-4H3;1H. The zero-order valence-electron chi connectivity index (χ0n) is 20.4. The van der Waals surface area contributed by atoms with Crippen molar-refractivity contribution < 1.29 is 13.2 Å².